The minimum atomic E-state index is -0.562. The van der Waals surface area contributed by atoms with Gasteiger partial charge in [0.25, 0.3) is 0 Å². The van der Waals surface area contributed by atoms with Crippen molar-refractivity contribution >= 4 is 28.6 Å². The van der Waals surface area contributed by atoms with Gasteiger partial charge in [-0.1, -0.05) is 135 Å². The molecular weight excluding hydrogens is 1180 g/mol. The maximum Gasteiger partial charge on any atom is 0.316 e. The van der Waals surface area contributed by atoms with E-state index in [-0.39, 0.29) is 84.8 Å². The Bertz CT molecular complexity index is 2890. The minimum absolute atomic E-state index is 0.0332. The molecule has 0 unspecified atom stereocenters. The van der Waals surface area contributed by atoms with E-state index in [0.717, 1.165) is 57.9 Å². The lowest BCUT2D eigenvalue weighted by atomic mass is 9.82. The van der Waals surface area contributed by atoms with Crippen molar-refractivity contribution in [2.45, 2.75) is 197 Å². The zero-order valence-corrected chi connectivity index (χ0v) is 55.6. The van der Waals surface area contributed by atoms with E-state index in [9.17, 15) is 39.8 Å². The third kappa shape index (κ3) is 22.0. The monoisotopic (exact) mass is 1280 g/mol. The molecule has 10 N–H and O–H groups in total. The normalized spacial score (nSPS) is 11.5. The van der Waals surface area contributed by atoms with Gasteiger partial charge in [0.05, 0.1) is 16.1 Å². The predicted molar refractivity (Wildman–Crippen MR) is 346 cm³/mol. The van der Waals surface area contributed by atoms with Crippen LogP contribution in [-0.2, 0) is 31.9 Å². The van der Waals surface area contributed by atoms with Crippen LogP contribution >= 0.6 is 22.6 Å². The molecule has 6 aromatic carbocycles. The average molecular weight is 1280 g/mol. The van der Waals surface area contributed by atoms with Gasteiger partial charge in [-0.05, 0) is 209 Å². The summed E-state index contributed by atoms with van der Waals surface area (Å²) < 4.78 is 24.1. The Labute approximate surface area is 514 Å². The summed E-state index contributed by atoms with van der Waals surface area (Å²) in [5.41, 5.74) is 5.88. The van der Waals surface area contributed by atoms with E-state index in [1.165, 1.54) is 59.7 Å². The molecule has 15 heteroatoms. The van der Waals surface area contributed by atoms with Crippen LogP contribution in [0.4, 0.5) is 4.39 Å². The average Bonchev–Trinajstić information content (AvgIpc) is 3.66. The molecule has 0 aromatic heterocycles. The lowest BCUT2D eigenvalue weighted by molar-refractivity contribution is -0.144. The molecule has 0 amide bonds. The summed E-state index contributed by atoms with van der Waals surface area (Å²) in [4.78, 5) is 11.7. The van der Waals surface area contributed by atoms with Crippen molar-refractivity contribution in [3.8, 4) is 69.0 Å². The van der Waals surface area contributed by atoms with E-state index in [0.29, 0.717) is 17.9 Å². The second-order valence-corrected chi connectivity index (χ2v) is 25.9. The van der Waals surface area contributed by atoms with Crippen LogP contribution in [0.5, 0.6) is 69.0 Å². The molecule has 0 atom stereocenters. The van der Waals surface area contributed by atoms with Gasteiger partial charge in [-0.15, -0.1) is 0 Å². The molecule has 0 saturated carbocycles. The first-order valence-corrected chi connectivity index (χ1v) is 29.5. The van der Waals surface area contributed by atoms with Crippen molar-refractivity contribution in [1.29, 1.82) is 0 Å². The van der Waals surface area contributed by atoms with Crippen molar-refractivity contribution in [2.24, 2.45) is 5.41 Å². The lowest BCUT2D eigenvalue weighted by Gasteiger charge is -2.24. The van der Waals surface area contributed by atoms with Gasteiger partial charge in [0.15, 0.2) is 63.3 Å². The van der Waals surface area contributed by atoms with Crippen LogP contribution in [0.2, 0.25) is 0 Å². The van der Waals surface area contributed by atoms with Gasteiger partial charge in [0, 0.05) is 6.07 Å². The van der Waals surface area contributed by atoms with Crippen molar-refractivity contribution in [3.05, 3.63) is 140 Å². The van der Waals surface area contributed by atoms with Gasteiger partial charge in [-0.2, -0.15) is 0 Å². The standard InChI is InChI=1S/C12H17IO2.C12H16O4.C12H18O.C11H15FO.C11H16O3.C11H16O2/c1-5-12(2,3)8-6-9(13)11(14)10(7-8)15-4;1-4-12(2,3)11(15)16-8-5-6-9(13)10(14)7-8;1-5-12(3,4)10-6-7-11(13)9(2)8-10;1-4-11(2,3)8-5-6-10(13)9(12)7-8;1-4-11(2,3)7-5-8(12)10(14)9(13)6-7;1-4-11(2,3)8-5-6-9(12)10(13)7-8/h6-7,14H,5H2,1-4H3;5-7,13-14H,4H2,1-3H3;6-8,13H,5H2,1-4H3;5-7,13H,4H2,1-3H3;5-6,12-14H,4H2,1-3H3;5-7,12-13H,4H2,1-3H3. The first-order chi connectivity index (χ1) is 38.6. The topological polar surface area (TPSA) is 238 Å². The van der Waals surface area contributed by atoms with Crippen LogP contribution in [0.3, 0.4) is 0 Å². The minimum Gasteiger partial charge on any atom is -0.508 e. The SMILES string of the molecule is CCC(C)(C)C(=O)Oc1ccc(O)c(O)c1.CCC(C)(C)c1cc(I)c(O)c(OC)c1.CCC(C)(C)c1cc(O)c(O)c(O)c1.CCC(C)(C)c1ccc(O)c(C)c1.CCC(C)(C)c1ccc(O)c(F)c1.CCC(C)(C)c1ccc(O)c(O)c1. The van der Waals surface area contributed by atoms with E-state index in [2.05, 4.69) is 112 Å². The highest BCUT2D eigenvalue weighted by Gasteiger charge is 2.28. The summed E-state index contributed by atoms with van der Waals surface area (Å²) in [5.74, 6) is -1.45. The molecular formula is C69H98FIO13. The molecule has 0 fully saturated rings. The van der Waals surface area contributed by atoms with E-state index in [1.54, 1.807) is 39.2 Å². The third-order valence-electron chi connectivity index (χ3n) is 16.4. The molecule has 0 radical (unpaired) electrons. The van der Waals surface area contributed by atoms with Crippen molar-refractivity contribution in [1.82, 2.24) is 0 Å². The molecule has 6 aromatic rings. The lowest BCUT2D eigenvalue weighted by Crippen LogP contribution is -2.28. The second-order valence-electron chi connectivity index (χ2n) is 24.7. The molecule has 0 heterocycles. The number of ether oxygens (including phenoxy) is 2. The molecule has 0 aliphatic heterocycles. The fraction of sp³-hybridized carbons (Fsp3) is 0.464. The van der Waals surface area contributed by atoms with Crippen molar-refractivity contribution in [2.75, 3.05) is 7.11 Å². The number of hydrogen-bond donors (Lipinski definition) is 10. The molecule has 6 rings (SSSR count). The Balaban J connectivity index is 0.000000505. The molecule has 0 bridgehead atoms. The van der Waals surface area contributed by atoms with Gasteiger partial charge in [0.1, 0.15) is 11.5 Å². The summed E-state index contributed by atoms with van der Waals surface area (Å²) in [6.07, 6.45) is 5.65. The summed E-state index contributed by atoms with van der Waals surface area (Å²) in [6.45, 7) is 39.1. The molecule has 466 valence electrons. The highest BCUT2D eigenvalue weighted by atomic mass is 127. The number of halogens is 2. The summed E-state index contributed by atoms with van der Waals surface area (Å²) in [5, 5.41) is 92.7. The number of methoxy groups -OCH3 is 1. The number of phenols is 10. The van der Waals surface area contributed by atoms with Crippen LogP contribution in [0.15, 0.2) is 97.1 Å². The molecule has 0 aliphatic carbocycles. The van der Waals surface area contributed by atoms with E-state index >= 15 is 0 Å². The van der Waals surface area contributed by atoms with E-state index in [4.69, 9.17) is 29.9 Å². The Morgan fingerprint density at radius 1 is 0.417 bits per heavy atom. The van der Waals surface area contributed by atoms with Crippen LogP contribution in [-0.4, -0.2) is 64.1 Å². The number of hydrogen-bond acceptors (Lipinski definition) is 13. The quantitative estimate of drug-likeness (QED) is 0.0212. The number of aryl methyl sites for hydroxylation is 1. The Morgan fingerprint density at radius 3 is 1.15 bits per heavy atom. The van der Waals surface area contributed by atoms with Gasteiger partial charge in [-0.25, -0.2) is 4.39 Å². The van der Waals surface area contributed by atoms with Gasteiger partial charge in [-0.3, -0.25) is 4.79 Å². The van der Waals surface area contributed by atoms with Crippen LogP contribution < -0.4 is 9.47 Å². The zero-order chi connectivity index (χ0) is 65.1. The predicted octanol–water partition coefficient (Wildman–Crippen LogP) is 18.0. The summed E-state index contributed by atoms with van der Waals surface area (Å²) in [6, 6.07) is 26.2. The van der Waals surface area contributed by atoms with Gasteiger partial charge < -0.3 is 60.5 Å². The maximum atomic E-state index is 13.0. The smallest absolute Gasteiger partial charge is 0.316 e. The number of phenolic OH excluding ortho intramolecular Hbond substituents is 10. The third-order valence-corrected chi connectivity index (χ3v) is 17.2. The van der Waals surface area contributed by atoms with Gasteiger partial charge in [0.2, 0.25) is 0 Å². The second kappa shape index (κ2) is 31.9. The number of benzene rings is 6. The summed E-state index contributed by atoms with van der Waals surface area (Å²) >= 11 is 2.13. The van der Waals surface area contributed by atoms with Crippen LogP contribution in [0, 0.1) is 21.7 Å². The fourth-order valence-corrected chi connectivity index (χ4v) is 7.64. The first-order valence-electron chi connectivity index (χ1n) is 28.5. The highest BCUT2D eigenvalue weighted by molar-refractivity contribution is 14.1. The van der Waals surface area contributed by atoms with Crippen LogP contribution in [0.1, 0.15) is 197 Å². The Kier molecular flexibility index (Phi) is 28.6. The largest absolute Gasteiger partial charge is 0.508 e. The highest BCUT2D eigenvalue weighted by Crippen LogP contribution is 2.41. The van der Waals surface area contributed by atoms with E-state index < -0.39 is 17.0 Å². The number of esters is 1. The van der Waals surface area contributed by atoms with Crippen molar-refractivity contribution in [3.63, 3.8) is 0 Å². The number of aromatic hydroxyl groups is 10. The zero-order valence-electron chi connectivity index (χ0n) is 53.4. The van der Waals surface area contributed by atoms with Gasteiger partial charge >= 0.3 is 5.97 Å². The maximum absolute atomic E-state index is 13.0. The van der Waals surface area contributed by atoms with Crippen LogP contribution in [0.25, 0.3) is 0 Å². The molecule has 13 nitrogen and oxygen atoms in total. The molecule has 0 spiro atoms. The molecule has 0 saturated heterocycles. The Hall–Kier alpha value is -6.75. The number of rotatable bonds is 14. The number of carbonyl (C=O) groups is 1. The first kappa shape index (κ1) is 75.3. The van der Waals surface area contributed by atoms with Crippen molar-refractivity contribution < 1.29 is 69.7 Å². The Morgan fingerprint density at radius 2 is 0.774 bits per heavy atom. The van der Waals surface area contributed by atoms with E-state index in [1.807, 2.05) is 58.9 Å². The fourth-order valence-electron chi connectivity index (χ4n) is 7.04. The molecule has 84 heavy (non-hydrogen) atoms. The molecule has 0 aliphatic rings. The summed E-state index contributed by atoms with van der Waals surface area (Å²) in [7, 11) is 1.58. The number of carbonyl (C=O) groups excluding carboxylic acids is 1.